The molecule has 6 nitrogen and oxygen atoms in total. The summed E-state index contributed by atoms with van der Waals surface area (Å²) < 4.78 is 11.2. The maximum atomic E-state index is 12.1. The summed E-state index contributed by atoms with van der Waals surface area (Å²) in [7, 11) is 0. The second kappa shape index (κ2) is 6.96. The van der Waals surface area contributed by atoms with E-state index in [0.717, 1.165) is 19.4 Å². The van der Waals surface area contributed by atoms with Gasteiger partial charge in [-0.3, -0.25) is 4.79 Å². The molecule has 1 amide bonds. The molecule has 2 N–H and O–H groups in total. The molecule has 0 radical (unpaired) electrons. The van der Waals surface area contributed by atoms with Crippen LogP contribution < -0.4 is 5.32 Å². The fourth-order valence-corrected chi connectivity index (χ4v) is 3.37. The van der Waals surface area contributed by atoms with Crippen molar-refractivity contribution in [1.82, 2.24) is 5.32 Å². The number of rotatable bonds is 4. The van der Waals surface area contributed by atoms with Crippen LogP contribution in [0.3, 0.4) is 0 Å². The van der Waals surface area contributed by atoms with E-state index in [0.29, 0.717) is 19.4 Å². The van der Waals surface area contributed by atoms with Crippen molar-refractivity contribution in [1.29, 1.82) is 0 Å². The van der Waals surface area contributed by atoms with E-state index in [-0.39, 0.29) is 23.3 Å². The molecule has 2 aliphatic rings. The fourth-order valence-electron chi connectivity index (χ4n) is 3.37. The van der Waals surface area contributed by atoms with Gasteiger partial charge in [-0.25, -0.2) is 4.79 Å². The highest BCUT2D eigenvalue weighted by Crippen LogP contribution is 2.33. The molecule has 0 spiro atoms. The largest absolute Gasteiger partial charge is 0.479 e. The van der Waals surface area contributed by atoms with E-state index < -0.39 is 18.2 Å². The minimum Gasteiger partial charge on any atom is -0.479 e. The molecule has 0 aromatic rings. The Bertz CT molecular complexity index is 417. The van der Waals surface area contributed by atoms with Crippen LogP contribution in [0.1, 0.15) is 46.5 Å². The molecule has 0 aliphatic carbocycles. The summed E-state index contributed by atoms with van der Waals surface area (Å²) in [5.74, 6) is -0.917. The number of carbonyl (C=O) groups is 2. The molecule has 4 atom stereocenters. The third-order valence-corrected chi connectivity index (χ3v) is 4.42. The van der Waals surface area contributed by atoms with Gasteiger partial charge in [0.05, 0.1) is 6.10 Å². The molecule has 126 valence electrons. The summed E-state index contributed by atoms with van der Waals surface area (Å²) >= 11 is 0. The third kappa shape index (κ3) is 4.20. The SMILES string of the molecule is CC(C)(C)C1OCCCC1CNC(=O)[C@@H]1CC[C@H](C(=O)O)O1. The van der Waals surface area contributed by atoms with Crippen LogP contribution in [0, 0.1) is 11.3 Å². The van der Waals surface area contributed by atoms with Gasteiger partial charge in [-0.05, 0) is 31.1 Å². The van der Waals surface area contributed by atoms with E-state index in [4.69, 9.17) is 14.6 Å². The number of nitrogens with one attached hydrogen (secondary N) is 1. The Balaban J connectivity index is 1.84. The van der Waals surface area contributed by atoms with Gasteiger partial charge in [0, 0.05) is 19.1 Å². The van der Waals surface area contributed by atoms with Crippen LogP contribution in [0.4, 0.5) is 0 Å². The smallest absolute Gasteiger partial charge is 0.332 e. The fraction of sp³-hybridized carbons (Fsp3) is 0.875. The lowest BCUT2D eigenvalue weighted by Gasteiger charge is -2.40. The zero-order valence-corrected chi connectivity index (χ0v) is 13.6. The first-order chi connectivity index (χ1) is 10.3. The van der Waals surface area contributed by atoms with Crippen LogP contribution in [0.15, 0.2) is 0 Å². The maximum absolute atomic E-state index is 12.1. The molecule has 2 heterocycles. The number of carboxylic acids is 1. The van der Waals surface area contributed by atoms with Crippen molar-refractivity contribution in [2.24, 2.45) is 11.3 Å². The van der Waals surface area contributed by atoms with E-state index >= 15 is 0 Å². The van der Waals surface area contributed by atoms with Gasteiger partial charge in [0.25, 0.3) is 0 Å². The summed E-state index contributed by atoms with van der Waals surface area (Å²) in [6, 6.07) is 0. The van der Waals surface area contributed by atoms with Gasteiger partial charge >= 0.3 is 5.97 Å². The van der Waals surface area contributed by atoms with E-state index in [1.165, 1.54) is 0 Å². The number of hydrogen-bond acceptors (Lipinski definition) is 4. The highest BCUT2D eigenvalue weighted by molar-refractivity contribution is 5.82. The monoisotopic (exact) mass is 313 g/mol. The van der Waals surface area contributed by atoms with Gasteiger partial charge in [0.1, 0.15) is 6.10 Å². The zero-order chi connectivity index (χ0) is 16.3. The van der Waals surface area contributed by atoms with E-state index in [9.17, 15) is 9.59 Å². The minimum atomic E-state index is -0.997. The molecule has 6 heteroatoms. The van der Waals surface area contributed by atoms with Crippen LogP contribution in [-0.2, 0) is 19.1 Å². The minimum absolute atomic E-state index is 0.0358. The van der Waals surface area contributed by atoms with Crippen molar-refractivity contribution >= 4 is 11.9 Å². The average Bonchev–Trinajstić information content (AvgIpc) is 2.94. The highest BCUT2D eigenvalue weighted by Gasteiger charge is 2.37. The van der Waals surface area contributed by atoms with Gasteiger partial charge in [0.2, 0.25) is 5.91 Å². The van der Waals surface area contributed by atoms with E-state index in [2.05, 4.69) is 26.1 Å². The third-order valence-electron chi connectivity index (χ3n) is 4.42. The highest BCUT2D eigenvalue weighted by atomic mass is 16.5. The number of aliphatic carboxylic acids is 1. The van der Waals surface area contributed by atoms with Crippen LogP contribution in [0.5, 0.6) is 0 Å². The molecule has 2 saturated heterocycles. The molecule has 0 aromatic heterocycles. The Morgan fingerprint density at radius 1 is 1.18 bits per heavy atom. The average molecular weight is 313 g/mol. The summed E-state index contributed by atoms with van der Waals surface area (Å²) in [4.78, 5) is 23.0. The lowest BCUT2D eigenvalue weighted by molar-refractivity contribution is -0.152. The normalized spacial score (nSPS) is 32.7. The van der Waals surface area contributed by atoms with Crippen LogP contribution in [-0.4, -0.2) is 48.4 Å². The molecule has 2 rings (SSSR count). The zero-order valence-electron chi connectivity index (χ0n) is 13.6. The first-order valence-corrected chi connectivity index (χ1v) is 8.06. The predicted octanol–water partition coefficient (Wildman–Crippen LogP) is 1.58. The number of amides is 1. The Morgan fingerprint density at radius 2 is 1.86 bits per heavy atom. The van der Waals surface area contributed by atoms with Crippen molar-refractivity contribution in [2.75, 3.05) is 13.2 Å². The van der Waals surface area contributed by atoms with Gasteiger partial charge < -0.3 is 19.9 Å². The molecular weight excluding hydrogens is 286 g/mol. The molecule has 2 unspecified atom stereocenters. The van der Waals surface area contributed by atoms with Crippen molar-refractivity contribution in [2.45, 2.75) is 64.8 Å². The first-order valence-electron chi connectivity index (χ1n) is 8.06. The summed E-state index contributed by atoms with van der Waals surface area (Å²) in [5, 5.41) is 11.8. The van der Waals surface area contributed by atoms with Gasteiger partial charge in [-0.15, -0.1) is 0 Å². The molecular formula is C16H27NO5. The number of carbonyl (C=O) groups excluding carboxylic acids is 1. The molecule has 0 bridgehead atoms. The van der Waals surface area contributed by atoms with Crippen molar-refractivity contribution in [3.63, 3.8) is 0 Å². The number of hydrogen-bond donors (Lipinski definition) is 2. The Labute approximate surface area is 131 Å². The Kier molecular flexibility index (Phi) is 5.45. The van der Waals surface area contributed by atoms with Gasteiger partial charge in [-0.1, -0.05) is 20.8 Å². The Morgan fingerprint density at radius 3 is 2.45 bits per heavy atom. The Hall–Kier alpha value is -1.14. The maximum Gasteiger partial charge on any atom is 0.332 e. The van der Waals surface area contributed by atoms with E-state index in [1.54, 1.807) is 0 Å². The van der Waals surface area contributed by atoms with Gasteiger partial charge in [-0.2, -0.15) is 0 Å². The van der Waals surface area contributed by atoms with Crippen LogP contribution in [0.2, 0.25) is 0 Å². The molecule has 2 aliphatic heterocycles. The summed E-state index contributed by atoms with van der Waals surface area (Å²) in [6.45, 7) is 7.77. The number of carboxylic acid groups (broad SMARTS) is 1. The quantitative estimate of drug-likeness (QED) is 0.823. The van der Waals surface area contributed by atoms with Crippen LogP contribution in [0.25, 0.3) is 0 Å². The molecule has 0 aromatic carbocycles. The van der Waals surface area contributed by atoms with Gasteiger partial charge in [0.15, 0.2) is 6.10 Å². The van der Waals surface area contributed by atoms with Crippen molar-refractivity contribution in [3.8, 4) is 0 Å². The predicted molar refractivity (Wildman–Crippen MR) is 80.5 cm³/mol. The number of ether oxygens (including phenoxy) is 2. The second-order valence-electron chi connectivity index (χ2n) is 7.33. The molecule has 0 saturated carbocycles. The second-order valence-corrected chi connectivity index (χ2v) is 7.33. The van der Waals surface area contributed by atoms with E-state index in [1.807, 2.05) is 0 Å². The molecule has 22 heavy (non-hydrogen) atoms. The molecule has 2 fully saturated rings. The lowest BCUT2D eigenvalue weighted by Crippen LogP contribution is -2.46. The standard InChI is InChI=1S/C16H27NO5/c1-16(2,3)13-10(5-4-8-21-13)9-17-14(18)11-6-7-12(22-11)15(19)20/h10-13H,4-9H2,1-3H3,(H,17,18)(H,19,20)/t10?,11-,12+,13?/m0/s1. The topological polar surface area (TPSA) is 84.9 Å². The first kappa shape index (κ1) is 17.2. The summed E-state index contributed by atoms with van der Waals surface area (Å²) in [5.41, 5.74) is 0.0358. The summed E-state index contributed by atoms with van der Waals surface area (Å²) in [6.07, 6.45) is 1.53. The van der Waals surface area contributed by atoms with Crippen molar-refractivity contribution in [3.05, 3.63) is 0 Å². The lowest BCUT2D eigenvalue weighted by atomic mass is 9.78. The van der Waals surface area contributed by atoms with Crippen LogP contribution >= 0.6 is 0 Å². The van der Waals surface area contributed by atoms with Crippen molar-refractivity contribution < 1.29 is 24.2 Å².